The van der Waals surface area contributed by atoms with Gasteiger partial charge in [-0.05, 0) is 69.4 Å². The minimum atomic E-state index is -1.96. The van der Waals surface area contributed by atoms with Crippen molar-refractivity contribution in [1.29, 1.82) is 0 Å². The van der Waals surface area contributed by atoms with E-state index in [1.54, 1.807) is 13.0 Å². The van der Waals surface area contributed by atoms with Gasteiger partial charge in [-0.2, -0.15) is 0 Å². The summed E-state index contributed by atoms with van der Waals surface area (Å²) in [4.78, 5) is 25.9. The number of hydrogen-bond acceptors (Lipinski definition) is 4. The topological polar surface area (TPSA) is 86.6 Å². The first-order chi connectivity index (χ1) is 18.2. The Kier molecular flexibility index (Phi) is 9.78. The second-order valence-electron chi connectivity index (χ2n) is 13.9. The minimum absolute atomic E-state index is 0. The molecular formula is C32H52ClFN2O4. The van der Waals surface area contributed by atoms with Gasteiger partial charge in [0.25, 0.3) is 5.91 Å². The number of nitrogens with zero attached hydrogens (tertiary/aromatic N) is 1. The van der Waals surface area contributed by atoms with Gasteiger partial charge in [0.2, 0.25) is 0 Å². The van der Waals surface area contributed by atoms with Crippen LogP contribution in [0.2, 0.25) is 0 Å². The average molecular weight is 583 g/mol. The lowest BCUT2D eigenvalue weighted by Gasteiger charge is -2.62. The molecule has 4 aliphatic carbocycles. The maximum Gasteiger partial charge on any atom is 0.253 e. The molecule has 0 aromatic carbocycles. The third-order valence-corrected chi connectivity index (χ3v) is 11.6. The predicted molar refractivity (Wildman–Crippen MR) is 151 cm³/mol. The fourth-order valence-electron chi connectivity index (χ4n) is 9.02. The molecule has 0 heterocycles. The molecule has 0 bridgehead atoms. The predicted octanol–water partition coefficient (Wildman–Crippen LogP) is 1.50. The Bertz CT molecular complexity index is 1030. The van der Waals surface area contributed by atoms with Gasteiger partial charge in [0.1, 0.15) is 0 Å². The first kappa shape index (κ1) is 33.2. The molecule has 228 valence electrons. The molecule has 3 fully saturated rings. The zero-order valence-corrected chi connectivity index (χ0v) is 26.2. The van der Waals surface area contributed by atoms with E-state index in [0.29, 0.717) is 25.8 Å². The van der Waals surface area contributed by atoms with Crippen LogP contribution in [0.1, 0.15) is 86.0 Å². The molecule has 1 amide bonds. The molecule has 3 N–H and O–H groups in total. The average Bonchev–Trinajstić information content (AvgIpc) is 3.09. The molecule has 4 rings (SSSR count). The molecule has 8 atom stereocenters. The van der Waals surface area contributed by atoms with E-state index in [9.17, 15) is 19.8 Å². The number of amides is 1. The van der Waals surface area contributed by atoms with Gasteiger partial charge in [0.05, 0.1) is 39.3 Å². The lowest BCUT2D eigenvalue weighted by atomic mass is 9.44. The first-order valence-corrected chi connectivity index (χ1v) is 15.4. The highest BCUT2D eigenvalue weighted by Gasteiger charge is 2.75. The standard InChI is InChI=1S/C32H51FN2O4.ClH/c1-7-9-16-35(6,17-10-8-2)18-15-34-28(38)32(39)22(3)19-26-25-12-11-23-20-24(36)13-14-29(23,4)31(25,33)27(37)21-30(26,32)5;/h13-14,20,22,25-27,37,39H,7-12,15-19,21H2,1-6H3;1H/t22-,25+,26+,27+,29+,30+,31+,32+;/m1./s1. The largest absolute Gasteiger partial charge is 1.00 e. The van der Waals surface area contributed by atoms with Crippen molar-refractivity contribution in [1.82, 2.24) is 5.32 Å². The number of unbranched alkanes of at least 4 members (excludes halogenated alkanes) is 2. The third-order valence-electron chi connectivity index (χ3n) is 11.6. The molecule has 0 aliphatic heterocycles. The number of ketones is 1. The van der Waals surface area contributed by atoms with Crippen molar-refractivity contribution in [2.24, 2.45) is 28.6 Å². The van der Waals surface area contributed by atoms with Gasteiger partial charge in [-0.1, -0.05) is 52.2 Å². The van der Waals surface area contributed by atoms with E-state index in [1.807, 2.05) is 13.8 Å². The minimum Gasteiger partial charge on any atom is -1.00 e. The molecule has 40 heavy (non-hydrogen) atoms. The van der Waals surface area contributed by atoms with E-state index in [0.717, 1.165) is 55.4 Å². The molecule has 0 saturated heterocycles. The zero-order chi connectivity index (χ0) is 28.9. The summed E-state index contributed by atoms with van der Waals surface area (Å²) >= 11 is 0. The number of fused-ring (bicyclic) bond motifs is 5. The van der Waals surface area contributed by atoms with Gasteiger partial charge >= 0.3 is 0 Å². The Morgan fingerprint density at radius 3 is 2.38 bits per heavy atom. The summed E-state index contributed by atoms with van der Waals surface area (Å²) < 4.78 is 18.2. The van der Waals surface area contributed by atoms with Crippen molar-refractivity contribution in [3.05, 3.63) is 23.8 Å². The smallest absolute Gasteiger partial charge is 0.253 e. The van der Waals surface area contributed by atoms with Crippen LogP contribution in [-0.4, -0.2) is 77.0 Å². The number of hydrogen-bond donors (Lipinski definition) is 3. The van der Waals surface area contributed by atoms with E-state index >= 15 is 4.39 Å². The Labute approximate surface area is 246 Å². The Hall–Kier alpha value is -1.28. The second-order valence-corrected chi connectivity index (χ2v) is 13.9. The summed E-state index contributed by atoms with van der Waals surface area (Å²) in [6.07, 6.45) is 9.38. The lowest BCUT2D eigenvalue weighted by molar-refractivity contribution is -0.908. The third kappa shape index (κ3) is 4.91. The Balaban J connectivity index is 0.00000441. The summed E-state index contributed by atoms with van der Waals surface area (Å²) in [6.45, 7) is 13.4. The summed E-state index contributed by atoms with van der Waals surface area (Å²) in [7, 11) is 2.25. The van der Waals surface area contributed by atoms with Crippen LogP contribution in [-0.2, 0) is 9.59 Å². The van der Waals surface area contributed by atoms with Gasteiger partial charge in [0, 0.05) is 16.7 Å². The fraction of sp³-hybridized carbons (Fsp3) is 0.812. The van der Waals surface area contributed by atoms with Crippen LogP contribution in [0, 0.1) is 28.6 Å². The zero-order valence-electron chi connectivity index (χ0n) is 25.4. The molecular weight excluding hydrogens is 531 g/mol. The number of quaternary nitrogens is 1. The van der Waals surface area contributed by atoms with Gasteiger partial charge in [0.15, 0.2) is 17.1 Å². The summed E-state index contributed by atoms with van der Waals surface area (Å²) in [6, 6.07) is 0. The number of aliphatic hydroxyl groups is 2. The maximum absolute atomic E-state index is 17.3. The number of allylic oxidation sites excluding steroid dienone is 4. The SMILES string of the molecule is CCCC[N+](C)(CCCC)CCNC(=O)[C@@]1(O)[C@H](C)C[C@H]2[C@@H]3CCC4=CC(=O)C=C[C@]4(C)[C@@]3(F)[C@@H](O)C[C@@]21C.[Cl-]. The number of rotatable bonds is 10. The Morgan fingerprint density at radius 2 is 1.77 bits per heavy atom. The van der Waals surface area contributed by atoms with Crippen LogP contribution in [0.4, 0.5) is 4.39 Å². The van der Waals surface area contributed by atoms with Crippen molar-refractivity contribution in [3.63, 3.8) is 0 Å². The Morgan fingerprint density at radius 1 is 1.15 bits per heavy atom. The molecule has 0 aromatic rings. The van der Waals surface area contributed by atoms with E-state index in [1.165, 1.54) is 12.2 Å². The molecule has 0 aromatic heterocycles. The van der Waals surface area contributed by atoms with Crippen molar-refractivity contribution >= 4 is 11.7 Å². The van der Waals surface area contributed by atoms with Gasteiger partial charge < -0.3 is 32.4 Å². The monoisotopic (exact) mass is 582 g/mol. The number of carbonyl (C=O) groups excluding carboxylic acids is 2. The highest BCUT2D eigenvalue weighted by Crippen LogP contribution is 2.70. The van der Waals surface area contributed by atoms with Crippen molar-refractivity contribution < 1.29 is 41.1 Å². The maximum atomic E-state index is 17.3. The molecule has 0 radical (unpaired) electrons. The highest BCUT2D eigenvalue weighted by molar-refractivity contribution is 6.01. The number of alkyl halides is 1. The molecule has 0 spiro atoms. The number of likely N-dealkylation sites (N-methyl/N-ethyl adjacent to an activating group) is 1. The van der Waals surface area contributed by atoms with Crippen LogP contribution in [0.15, 0.2) is 23.8 Å². The highest BCUT2D eigenvalue weighted by atomic mass is 35.5. The second kappa shape index (κ2) is 11.8. The van der Waals surface area contributed by atoms with Crippen LogP contribution in [0.5, 0.6) is 0 Å². The number of halogens is 2. The molecule has 8 heteroatoms. The summed E-state index contributed by atoms with van der Waals surface area (Å²) in [5.41, 5.74) is -4.94. The van der Waals surface area contributed by atoms with Crippen molar-refractivity contribution in [3.8, 4) is 0 Å². The van der Waals surface area contributed by atoms with Crippen LogP contribution in [0.3, 0.4) is 0 Å². The van der Waals surface area contributed by atoms with Crippen molar-refractivity contribution in [2.45, 2.75) is 103 Å². The lowest BCUT2D eigenvalue weighted by Crippen LogP contribution is -3.00. The summed E-state index contributed by atoms with van der Waals surface area (Å²) in [5.74, 6) is -1.66. The van der Waals surface area contributed by atoms with Crippen LogP contribution in [0.25, 0.3) is 0 Å². The van der Waals surface area contributed by atoms with Gasteiger partial charge in [-0.15, -0.1) is 0 Å². The number of nitrogens with one attached hydrogen (secondary N) is 1. The van der Waals surface area contributed by atoms with Gasteiger partial charge in [-0.3, -0.25) is 9.59 Å². The van der Waals surface area contributed by atoms with Crippen LogP contribution < -0.4 is 17.7 Å². The summed E-state index contributed by atoms with van der Waals surface area (Å²) in [5, 5.41) is 26.8. The van der Waals surface area contributed by atoms with Gasteiger partial charge in [-0.25, -0.2) is 4.39 Å². The molecule has 4 aliphatic rings. The van der Waals surface area contributed by atoms with E-state index in [-0.39, 0.29) is 42.4 Å². The number of aliphatic hydroxyl groups excluding tert-OH is 1. The van der Waals surface area contributed by atoms with E-state index in [4.69, 9.17) is 0 Å². The fourth-order valence-corrected chi connectivity index (χ4v) is 9.02. The number of carbonyl (C=O) groups is 2. The normalized spacial score (nSPS) is 40.4. The van der Waals surface area contributed by atoms with Crippen molar-refractivity contribution in [2.75, 3.05) is 33.2 Å². The van der Waals surface area contributed by atoms with Crippen LogP contribution >= 0.6 is 0 Å². The first-order valence-electron chi connectivity index (χ1n) is 15.4. The van der Waals surface area contributed by atoms with E-state index in [2.05, 4.69) is 26.2 Å². The molecule has 6 nitrogen and oxygen atoms in total. The molecule has 0 unspecified atom stereocenters. The molecule has 3 saturated carbocycles. The quantitative estimate of drug-likeness (QED) is 0.341. The van der Waals surface area contributed by atoms with E-state index < -0.39 is 34.1 Å².